The van der Waals surface area contributed by atoms with Gasteiger partial charge in [-0.3, -0.25) is 9.59 Å². The van der Waals surface area contributed by atoms with Gasteiger partial charge in [-0.05, 0) is 36.4 Å². The molecule has 1 aliphatic rings. The first kappa shape index (κ1) is 16.5. The van der Waals surface area contributed by atoms with Gasteiger partial charge in [0, 0.05) is 13.1 Å². The Bertz CT molecular complexity index is 927. The summed E-state index contributed by atoms with van der Waals surface area (Å²) in [6.07, 6.45) is 3.29. The average molecular weight is 367 g/mol. The van der Waals surface area contributed by atoms with Crippen LogP contribution in [-0.4, -0.2) is 34.8 Å². The first-order valence-electron chi connectivity index (χ1n) is 8.41. The number of thiophene rings is 1. The van der Waals surface area contributed by atoms with E-state index in [0.29, 0.717) is 17.0 Å². The highest BCUT2D eigenvalue weighted by Gasteiger charge is 2.24. The molecule has 0 unspecified atom stereocenters. The summed E-state index contributed by atoms with van der Waals surface area (Å²) in [6, 6.07) is 10.8. The molecular formula is C19H17N3O3S. The molecule has 0 saturated carbocycles. The Morgan fingerprint density at radius 3 is 2.69 bits per heavy atom. The molecule has 7 heteroatoms. The molecule has 0 radical (unpaired) electrons. The molecule has 3 aromatic rings. The SMILES string of the molecule is O=C(Nc1ccccc1C(=O)N1CCCC1)c1ncoc1-c1cccs1. The topological polar surface area (TPSA) is 75.4 Å². The predicted octanol–water partition coefficient (Wildman–Crippen LogP) is 3.89. The summed E-state index contributed by atoms with van der Waals surface area (Å²) in [5, 5.41) is 4.72. The number of anilines is 1. The number of nitrogens with one attached hydrogen (secondary N) is 1. The molecule has 0 spiro atoms. The zero-order chi connectivity index (χ0) is 17.9. The molecule has 3 heterocycles. The third kappa shape index (κ3) is 3.13. The van der Waals surface area contributed by atoms with Gasteiger partial charge in [-0.15, -0.1) is 11.3 Å². The summed E-state index contributed by atoms with van der Waals surface area (Å²) in [5.41, 5.74) is 1.18. The number of para-hydroxylation sites is 1. The van der Waals surface area contributed by atoms with Crippen molar-refractivity contribution in [1.82, 2.24) is 9.88 Å². The first-order valence-corrected chi connectivity index (χ1v) is 9.29. The zero-order valence-corrected chi connectivity index (χ0v) is 14.8. The van der Waals surface area contributed by atoms with E-state index >= 15 is 0 Å². The summed E-state index contributed by atoms with van der Waals surface area (Å²) >= 11 is 1.47. The number of nitrogens with zero attached hydrogens (tertiary/aromatic N) is 2. The second-order valence-corrected chi connectivity index (χ2v) is 6.95. The molecule has 0 bridgehead atoms. The van der Waals surface area contributed by atoms with Gasteiger partial charge in [-0.1, -0.05) is 18.2 Å². The second kappa shape index (κ2) is 7.13. The summed E-state index contributed by atoms with van der Waals surface area (Å²) in [5.74, 6) is -0.0262. The number of aromatic nitrogens is 1. The molecule has 2 amide bonds. The smallest absolute Gasteiger partial charge is 0.278 e. The maximum atomic E-state index is 12.7. The predicted molar refractivity (Wildman–Crippen MR) is 99.3 cm³/mol. The summed E-state index contributed by atoms with van der Waals surface area (Å²) in [6.45, 7) is 1.51. The van der Waals surface area contributed by atoms with Gasteiger partial charge in [0.2, 0.25) is 0 Å². The van der Waals surface area contributed by atoms with Crippen LogP contribution in [0, 0.1) is 0 Å². The van der Waals surface area contributed by atoms with Crippen molar-refractivity contribution in [2.24, 2.45) is 0 Å². The largest absolute Gasteiger partial charge is 0.442 e. The Morgan fingerprint density at radius 2 is 1.92 bits per heavy atom. The Morgan fingerprint density at radius 1 is 1.12 bits per heavy atom. The van der Waals surface area contributed by atoms with Crippen molar-refractivity contribution >= 4 is 28.8 Å². The number of hydrogen-bond donors (Lipinski definition) is 1. The number of amides is 2. The van der Waals surface area contributed by atoms with E-state index in [2.05, 4.69) is 10.3 Å². The van der Waals surface area contributed by atoms with Crippen LogP contribution in [-0.2, 0) is 0 Å². The molecule has 1 fully saturated rings. The first-order chi connectivity index (χ1) is 12.7. The Labute approximate surface area is 154 Å². The monoisotopic (exact) mass is 367 g/mol. The molecule has 0 atom stereocenters. The summed E-state index contributed by atoms with van der Waals surface area (Å²) < 4.78 is 5.39. The van der Waals surface area contributed by atoms with Crippen molar-refractivity contribution in [3.05, 3.63) is 59.4 Å². The lowest BCUT2D eigenvalue weighted by atomic mass is 10.1. The van der Waals surface area contributed by atoms with Crippen molar-refractivity contribution in [2.45, 2.75) is 12.8 Å². The van der Waals surface area contributed by atoms with Crippen molar-refractivity contribution < 1.29 is 14.0 Å². The molecule has 1 aliphatic heterocycles. The third-order valence-corrected chi connectivity index (χ3v) is 5.20. The molecule has 1 aromatic carbocycles. The maximum Gasteiger partial charge on any atom is 0.278 e. The molecule has 132 valence electrons. The summed E-state index contributed by atoms with van der Waals surface area (Å²) in [4.78, 5) is 32.2. The number of rotatable bonds is 4. The minimum atomic E-state index is -0.399. The average Bonchev–Trinajstić information content (AvgIpc) is 3.43. The fourth-order valence-electron chi connectivity index (χ4n) is 3.04. The number of hydrogen-bond acceptors (Lipinski definition) is 5. The van der Waals surface area contributed by atoms with E-state index in [0.717, 1.165) is 30.8 Å². The van der Waals surface area contributed by atoms with Crippen LogP contribution in [0.25, 0.3) is 10.6 Å². The number of oxazole rings is 1. The van der Waals surface area contributed by atoms with Crippen molar-refractivity contribution in [3.8, 4) is 10.6 Å². The fourth-order valence-corrected chi connectivity index (χ4v) is 3.75. The van der Waals surface area contributed by atoms with Crippen LogP contribution in [0.3, 0.4) is 0 Å². The van der Waals surface area contributed by atoms with Gasteiger partial charge in [0.15, 0.2) is 17.8 Å². The summed E-state index contributed by atoms with van der Waals surface area (Å²) in [7, 11) is 0. The van der Waals surface area contributed by atoms with E-state index in [4.69, 9.17) is 4.42 Å². The lowest BCUT2D eigenvalue weighted by molar-refractivity contribution is 0.0794. The van der Waals surface area contributed by atoms with Crippen molar-refractivity contribution in [1.29, 1.82) is 0 Å². The highest BCUT2D eigenvalue weighted by molar-refractivity contribution is 7.13. The van der Waals surface area contributed by atoms with Gasteiger partial charge in [-0.2, -0.15) is 0 Å². The fraction of sp³-hybridized carbons (Fsp3) is 0.211. The molecule has 2 aromatic heterocycles. The highest BCUT2D eigenvalue weighted by Crippen LogP contribution is 2.28. The third-order valence-electron chi connectivity index (χ3n) is 4.33. The highest BCUT2D eigenvalue weighted by atomic mass is 32.1. The minimum absolute atomic E-state index is 0.0583. The van der Waals surface area contributed by atoms with Gasteiger partial charge in [-0.25, -0.2) is 4.98 Å². The van der Waals surface area contributed by atoms with Crippen LogP contribution in [0.15, 0.2) is 52.6 Å². The van der Waals surface area contributed by atoms with Crippen LogP contribution in [0.1, 0.15) is 33.7 Å². The standard InChI is InChI=1S/C19H17N3O3S/c23-18(16-17(25-12-20-16)15-8-5-11-26-15)21-14-7-2-1-6-13(14)19(24)22-9-3-4-10-22/h1-2,5-8,11-12H,3-4,9-10H2,(H,21,23). The lowest BCUT2D eigenvalue weighted by Crippen LogP contribution is -2.28. The van der Waals surface area contributed by atoms with Gasteiger partial charge in [0.1, 0.15) is 0 Å². The van der Waals surface area contributed by atoms with Gasteiger partial charge in [0.05, 0.1) is 16.1 Å². The van der Waals surface area contributed by atoms with E-state index < -0.39 is 5.91 Å². The Hall–Kier alpha value is -2.93. The number of carbonyl (C=O) groups excluding carboxylic acids is 2. The number of carbonyl (C=O) groups is 2. The number of likely N-dealkylation sites (tertiary alicyclic amines) is 1. The molecule has 6 nitrogen and oxygen atoms in total. The van der Waals surface area contributed by atoms with Crippen LogP contribution in [0.4, 0.5) is 5.69 Å². The molecule has 4 rings (SSSR count). The van der Waals surface area contributed by atoms with Crippen LogP contribution in [0.5, 0.6) is 0 Å². The van der Waals surface area contributed by atoms with Crippen LogP contribution in [0.2, 0.25) is 0 Å². The van der Waals surface area contributed by atoms with E-state index in [1.165, 1.54) is 17.7 Å². The van der Waals surface area contributed by atoms with E-state index in [1.807, 2.05) is 22.4 Å². The molecule has 1 N–H and O–H groups in total. The van der Waals surface area contributed by atoms with Gasteiger partial charge in [0.25, 0.3) is 11.8 Å². The maximum absolute atomic E-state index is 12.7. The van der Waals surface area contributed by atoms with Crippen LogP contribution < -0.4 is 5.32 Å². The van der Waals surface area contributed by atoms with Crippen molar-refractivity contribution in [2.75, 3.05) is 18.4 Å². The zero-order valence-electron chi connectivity index (χ0n) is 14.0. The quantitative estimate of drug-likeness (QED) is 0.759. The second-order valence-electron chi connectivity index (χ2n) is 6.01. The van der Waals surface area contributed by atoms with Crippen molar-refractivity contribution in [3.63, 3.8) is 0 Å². The Kier molecular flexibility index (Phi) is 4.53. The lowest BCUT2D eigenvalue weighted by Gasteiger charge is -2.17. The molecular weight excluding hydrogens is 350 g/mol. The van der Waals surface area contributed by atoms with E-state index in [1.54, 1.807) is 24.3 Å². The molecule has 26 heavy (non-hydrogen) atoms. The van der Waals surface area contributed by atoms with Crippen LogP contribution >= 0.6 is 11.3 Å². The van der Waals surface area contributed by atoms with E-state index in [-0.39, 0.29) is 11.6 Å². The normalized spacial score (nSPS) is 13.8. The Balaban J connectivity index is 1.59. The van der Waals surface area contributed by atoms with Gasteiger partial charge >= 0.3 is 0 Å². The van der Waals surface area contributed by atoms with Gasteiger partial charge < -0.3 is 14.6 Å². The minimum Gasteiger partial charge on any atom is -0.442 e. The molecule has 1 saturated heterocycles. The number of benzene rings is 1. The van der Waals surface area contributed by atoms with E-state index in [9.17, 15) is 9.59 Å². The molecule has 0 aliphatic carbocycles.